The number of carbonyl (C=O) groups is 1. The van der Waals surface area contributed by atoms with Gasteiger partial charge in [-0.2, -0.15) is 0 Å². The predicted octanol–water partition coefficient (Wildman–Crippen LogP) is 4.54. The Hall–Kier alpha value is -3.77. The first-order valence-corrected chi connectivity index (χ1v) is 11.0. The Balaban J connectivity index is 1.50. The molecular weight excluding hydrogens is 410 g/mol. The molecule has 1 amide bonds. The maximum atomic E-state index is 12.9. The van der Waals surface area contributed by atoms with Crippen LogP contribution in [0.4, 0.5) is 0 Å². The molecular formula is C27H29N5O. The van der Waals surface area contributed by atoms with E-state index in [-0.39, 0.29) is 5.91 Å². The predicted molar refractivity (Wildman–Crippen MR) is 131 cm³/mol. The van der Waals surface area contributed by atoms with Gasteiger partial charge in [-0.25, -0.2) is 4.68 Å². The number of aryl methyl sites for hydroxylation is 1. The highest BCUT2D eigenvalue weighted by Gasteiger charge is 2.17. The van der Waals surface area contributed by atoms with Crippen LogP contribution < -0.4 is 5.32 Å². The lowest BCUT2D eigenvalue weighted by atomic mass is 9.98. The third kappa shape index (κ3) is 5.18. The highest BCUT2D eigenvalue weighted by atomic mass is 16.2. The highest BCUT2D eigenvalue weighted by Crippen LogP contribution is 2.24. The van der Waals surface area contributed by atoms with Crippen LogP contribution in [-0.2, 0) is 13.1 Å². The molecule has 3 aromatic carbocycles. The highest BCUT2D eigenvalue weighted by molar-refractivity contribution is 5.93. The molecule has 168 valence electrons. The molecule has 0 saturated heterocycles. The van der Waals surface area contributed by atoms with E-state index in [0.717, 1.165) is 34.5 Å². The molecule has 0 unspecified atom stereocenters. The number of amides is 1. The van der Waals surface area contributed by atoms with E-state index in [4.69, 9.17) is 0 Å². The molecule has 1 N–H and O–H groups in total. The second kappa shape index (κ2) is 9.79. The lowest BCUT2D eigenvalue weighted by Gasteiger charge is -2.13. The van der Waals surface area contributed by atoms with Crippen LogP contribution in [0.15, 0.2) is 72.8 Å². The number of hydrogen-bond acceptors (Lipinski definition) is 4. The minimum atomic E-state index is -0.234. The summed E-state index contributed by atoms with van der Waals surface area (Å²) >= 11 is 0. The molecule has 0 bridgehead atoms. The lowest BCUT2D eigenvalue weighted by Crippen LogP contribution is -2.24. The Bertz CT molecular complexity index is 1260. The molecule has 33 heavy (non-hydrogen) atoms. The molecule has 0 aliphatic heterocycles. The Kier molecular flexibility index (Phi) is 6.66. The first-order chi connectivity index (χ1) is 15.9. The van der Waals surface area contributed by atoms with Gasteiger partial charge >= 0.3 is 0 Å². The van der Waals surface area contributed by atoms with Crippen molar-refractivity contribution in [1.82, 2.24) is 25.2 Å². The monoisotopic (exact) mass is 439 g/mol. The summed E-state index contributed by atoms with van der Waals surface area (Å²) in [7, 11) is 4.13. The van der Waals surface area contributed by atoms with Crippen LogP contribution in [0.2, 0.25) is 0 Å². The van der Waals surface area contributed by atoms with Crippen LogP contribution in [0.1, 0.15) is 32.9 Å². The van der Waals surface area contributed by atoms with Gasteiger partial charge in [-0.1, -0.05) is 65.9 Å². The van der Waals surface area contributed by atoms with Gasteiger partial charge in [0.25, 0.3) is 5.91 Å². The standard InChI is InChI=1S/C27H29N5O/c1-19-8-7-10-24(16-19)32-20(2)26(29-30-32)27(33)28-17-23-9-5-6-11-25(23)22-14-12-21(13-15-22)18-31(3)4/h5-16H,17-18H2,1-4H3,(H,28,33). The largest absolute Gasteiger partial charge is 0.346 e. The summed E-state index contributed by atoms with van der Waals surface area (Å²) in [5.74, 6) is -0.234. The van der Waals surface area contributed by atoms with Crippen LogP contribution in [0.5, 0.6) is 0 Å². The number of benzene rings is 3. The van der Waals surface area contributed by atoms with E-state index in [0.29, 0.717) is 17.9 Å². The van der Waals surface area contributed by atoms with Crippen LogP contribution in [0.25, 0.3) is 16.8 Å². The van der Waals surface area contributed by atoms with Gasteiger partial charge in [-0.05, 0) is 67.9 Å². The third-order valence-electron chi connectivity index (χ3n) is 5.58. The van der Waals surface area contributed by atoms with Gasteiger partial charge in [0.1, 0.15) is 0 Å². The summed E-state index contributed by atoms with van der Waals surface area (Å²) in [4.78, 5) is 15.1. The first kappa shape index (κ1) is 22.4. The fourth-order valence-electron chi connectivity index (χ4n) is 3.91. The zero-order valence-corrected chi connectivity index (χ0v) is 19.5. The molecule has 0 fully saturated rings. The van der Waals surface area contributed by atoms with E-state index in [9.17, 15) is 4.79 Å². The van der Waals surface area contributed by atoms with Crippen LogP contribution >= 0.6 is 0 Å². The molecule has 4 rings (SSSR count). The molecule has 0 atom stereocenters. The Morgan fingerprint density at radius 2 is 1.73 bits per heavy atom. The van der Waals surface area contributed by atoms with Crippen LogP contribution in [-0.4, -0.2) is 39.9 Å². The van der Waals surface area contributed by atoms with E-state index >= 15 is 0 Å². The lowest BCUT2D eigenvalue weighted by molar-refractivity contribution is 0.0945. The average molecular weight is 440 g/mol. The summed E-state index contributed by atoms with van der Waals surface area (Å²) in [5.41, 5.74) is 7.61. The van der Waals surface area contributed by atoms with Crippen molar-refractivity contribution in [1.29, 1.82) is 0 Å². The zero-order valence-electron chi connectivity index (χ0n) is 19.5. The Labute approximate surface area is 194 Å². The number of nitrogens with one attached hydrogen (secondary N) is 1. The van der Waals surface area contributed by atoms with E-state index in [2.05, 4.69) is 65.0 Å². The first-order valence-electron chi connectivity index (χ1n) is 11.0. The minimum Gasteiger partial charge on any atom is -0.346 e. The molecule has 0 aliphatic rings. The maximum absolute atomic E-state index is 12.9. The molecule has 4 aromatic rings. The van der Waals surface area contributed by atoms with Crippen LogP contribution in [0, 0.1) is 13.8 Å². The Morgan fingerprint density at radius 1 is 0.970 bits per heavy atom. The summed E-state index contributed by atoms with van der Waals surface area (Å²) in [6, 6.07) is 24.7. The zero-order chi connectivity index (χ0) is 23.4. The maximum Gasteiger partial charge on any atom is 0.274 e. The fourth-order valence-corrected chi connectivity index (χ4v) is 3.91. The molecule has 1 heterocycles. The second-order valence-corrected chi connectivity index (χ2v) is 8.55. The molecule has 6 nitrogen and oxygen atoms in total. The van der Waals surface area contributed by atoms with E-state index in [1.54, 1.807) is 4.68 Å². The molecule has 0 aliphatic carbocycles. The molecule has 0 saturated carbocycles. The van der Waals surface area contributed by atoms with Crippen molar-refractivity contribution in [2.45, 2.75) is 26.9 Å². The van der Waals surface area contributed by atoms with Crippen LogP contribution in [0.3, 0.4) is 0 Å². The van der Waals surface area contributed by atoms with Crippen molar-refractivity contribution in [3.05, 3.63) is 101 Å². The van der Waals surface area contributed by atoms with Gasteiger partial charge in [0.05, 0.1) is 11.4 Å². The van der Waals surface area contributed by atoms with Crippen molar-refractivity contribution in [3.8, 4) is 16.8 Å². The van der Waals surface area contributed by atoms with E-state index < -0.39 is 0 Å². The molecule has 6 heteroatoms. The van der Waals surface area contributed by atoms with Crippen molar-refractivity contribution in [3.63, 3.8) is 0 Å². The topological polar surface area (TPSA) is 63.1 Å². The normalized spacial score (nSPS) is 11.1. The minimum absolute atomic E-state index is 0.234. The smallest absolute Gasteiger partial charge is 0.274 e. The second-order valence-electron chi connectivity index (χ2n) is 8.55. The third-order valence-corrected chi connectivity index (χ3v) is 5.58. The SMILES string of the molecule is Cc1cccc(-n2nnc(C(=O)NCc3ccccc3-c3ccc(CN(C)C)cc3)c2C)c1. The fraction of sp³-hybridized carbons (Fsp3) is 0.222. The summed E-state index contributed by atoms with van der Waals surface area (Å²) < 4.78 is 1.70. The summed E-state index contributed by atoms with van der Waals surface area (Å²) in [6.07, 6.45) is 0. The number of hydrogen-bond donors (Lipinski definition) is 1. The quantitative estimate of drug-likeness (QED) is 0.459. The van der Waals surface area contributed by atoms with Crippen molar-refractivity contribution in [2.75, 3.05) is 14.1 Å². The van der Waals surface area contributed by atoms with Gasteiger partial charge < -0.3 is 10.2 Å². The van der Waals surface area contributed by atoms with E-state index in [1.807, 2.05) is 56.3 Å². The number of carbonyl (C=O) groups excluding carboxylic acids is 1. The van der Waals surface area contributed by atoms with Gasteiger partial charge in [0.2, 0.25) is 0 Å². The number of nitrogens with zero attached hydrogens (tertiary/aromatic N) is 4. The summed E-state index contributed by atoms with van der Waals surface area (Å²) in [6.45, 7) is 5.20. The number of aromatic nitrogens is 3. The van der Waals surface area contributed by atoms with Gasteiger partial charge in [-0.15, -0.1) is 5.10 Å². The molecule has 0 radical (unpaired) electrons. The summed E-state index contributed by atoms with van der Waals surface area (Å²) in [5, 5.41) is 11.4. The van der Waals surface area contributed by atoms with Gasteiger partial charge in [0.15, 0.2) is 5.69 Å². The average Bonchev–Trinajstić information content (AvgIpc) is 3.19. The van der Waals surface area contributed by atoms with Crippen molar-refractivity contribution < 1.29 is 4.79 Å². The van der Waals surface area contributed by atoms with Crippen molar-refractivity contribution in [2.24, 2.45) is 0 Å². The Morgan fingerprint density at radius 3 is 2.45 bits per heavy atom. The molecule has 1 aromatic heterocycles. The van der Waals surface area contributed by atoms with Gasteiger partial charge in [0, 0.05) is 13.1 Å². The molecule has 0 spiro atoms. The number of rotatable bonds is 7. The van der Waals surface area contributed by atoms with E-state index in [1.165, 1.54) is 5.56 Å². The van der Waals surface area contributed by atoms with Gasteiger partial charge in [-0.3, -0.25) is 4.79 Å². The van der Waals surface area contributed by atoms with Crippen molar-refractivity contribution >= 4 is 5.91 Å².